The van der Waals surface area contributed by atoms with E-state index in [4.69, 9.17) is 9.15 Å². The number of amides is 1. The first-order valence-electron chi connectivity index (χ1n) is 8.76. The Morgan fingerprint density at radius 1 is 1.12 bits per heavy atom. The van der Waals surface area contributed by atoms with Gasteiger partial charge in [-0.05, 0) is 24.6 Å². The van der Waals surface area contributed by atoms with Crippen LogP contribution in [-0.4, -0.2) is 53.8 Å². The molecule has 0 aliphatic carbocycles. The van der Waals surface area contributed by atoms with Crippen LogP contribution in [0.3, 0.4) is 0 Å². The molecule has 2 heterocycles. The Morgan fingerprint density at radius 2 is 1.84 bits per heavy atom. The van der Waals surface area contributed by atoms with E-state index in [0.29, 0.717) is 51.1 Å². The van der Waals surface area contributed by atoms with E-state index in [1.54, 1.807) is 0 Å². The van der Waals surface area contributed by atoms with Gasteiger partial charge in [-0.1, -0.05) is 24.2 Å². The Bertz CT molecular complexity index is 691. The number of ether oxygens (including phenoxy) is 1. The average Bonchev–Trinajstić information content (AvgIpc) is 3.13. The Balaban J connectivity index is 1.51. The van der Waals surface area contributed by atoms with Gasteiger partial charge in [0.2, 0.25) is 11.8 Å². The molecule has 0 bridgehead atoms. The van der Waals surface area contributed by atoms with Gasteiger partial charge < -0.3 is 19.0 Å². The maximum Gasteiger partial charge on any atom is 0.318 e. The van der Waals surface area contributed by atoms with E-state index in [0.717, 1.165) is 17.7 Å². The molecule has 0 spiro atoms. The maximum atomic E-state index is 12.5. The third-order valence-corrected chi connectivity index (χ3v) is 4.25. The second-order valence-electron chi connectivity index (χ2n) is 5.95. The fraction of sp³-hybridized carbons (Fsp3) is 0.500. The van der Waals surface area contributed by atoms with Crippen molar-refractivity contribution in [3.05, 3.63) is 35.7 Å². The number of rotatable bonds is 6. The minimum atomic E-state index is 0.142. The highest BCUT2D eigenvalue weighted by atomic mass is 16.5. The minimum absolute atomic E-state index is 0.142. The highest BCUT2D eigenvalue weighted by Crippen LogP contribution is 2.17. The molecule has 0 N–H and O–H groups in total. The van der Waals surface area contributed by atoms with Crippen LogP contribution in [0, 0.1) is 0 Å². The molecule has 1 fully saturated rings. The van der Waals surface area contributed by atoms with Gasteiger partial charge in [-0.2, -0.15) is 0 Å². The second kappa shape index (κ2) is 8.00. The molecule has 1 aliphatic rings. The van der Waals surface area contributed by atoms with Crippen molar-refractivity contribution in [2.45, 2.75) is 26.7 Å². The van der Waals surface area contributed by atoms with Crippen molar-refractivity contribution in [1.82, 2.24) is 15.1 Å². The largest absolute Gasteiger partial charge is 0.494 e. The van der Waals surface area contributed by atoms with E-state index < -0.39 is 0 Å². The summed E-state index contributed by atoms with van der Waals surface area (Å²) in [4.78, 5) is 16.4. The van der Waals surface area contributed by atoms with Crippen molar-refractivity contribution in [1.29, 1.82) is 0 Å². The lowest BCUT2D eigenvalue weighted by Crippen LogP contribution is -2.49. The van der Waals surface area contributed by atoms with Crippen LogP contribution in [0.25, 0.3) is 0 Å². The number of carbonyl (C=O) groups excluding carboxylic acids is 1. The molecule has 25 heavy (non-hydrogen) atoms. The third kappa shape index (κ3) is 4.29. The van der Waals surface area contributed by atoms with Crippen molar-refractivity contribution in [3.8, 4) is 5.75 Å². The van der Waals surface area contributed by atoms with Gasteiger partial charge in [0.05, 0.1) is 13.0 Å². The van der Waals surface area contributed by atoms with Crippen molar-refractivity contribution in [2.75, 3.05) is 37.7 Å². The van der Waals surface area contributed by atoms with E-state index in [1.807, 2.05) is 47.9 Å². The zero-order valence-corrected chi connectivity index (χ0v) is 14.8. The molecule has 1 amide bonds. The summed E-state index contributed by atoms with van der Waals surface area (Å²) >= 11 is 0. The summed E-state index contributed by atoms with van der Waals surface area (Å²) in [5, 5.41) is 8.06. The van der Waals surface area contributed by atoms with E-state index in [9.17, 15) is 4.79 Å². The normalized spacial score (nSPS) is 14.6. The number of nitrogens with zero attached hydrogens (tertiary/aromatic N) is 4. The van der Waals surface area contributed by atoms with Gasteiger partial charge in [0.25, 0.3) is 0 Å². The van der Waals surface area contributed by atoms with Gasteiger partial charge >= 0.3 is 6.01 Å². The topological polar surface area (TPSA) is 71.7 Å². The Hall–Kier alpha value is -2.57. The Morgan fingerprint density at radius 3 is 2.44 bits per heavy atom. The first-order valence-corrected chi connectivity index (χ1v) is 8.76. The number of anilines is 1. The SMILES string of the molecule is CCOc1ccc(CC(=O)N2CCN(c3nnc(CC)o3)CC2)cc1. The van der Waals surface area contributed by atoms with Crippen LogP contribution in [0.2, 0.25) is 0 Å². The smallest absolute Gasteiger partial charge is 0.318 e. The van der Waals surface area contributed by atoms with Crippen molar-refractivity contribution in [2.24, 2.45) is 0 Å². The zero-order valence-electron chi connectivity index (χ0n) is 14.8. The minimum Gasteiger partial charge on any atom is -0.494 e. The monoisotopic (exact) mass is 344 g/mol. The van der Waals surface area contributed by atoms with Crippen LogP contribution < -0.4 is 9.64 Å². The van der Waals surface area contributed by atoms with Gasteiger partial charge in [-0.25, -0.2) is 0 Å². The predicted octanol–water partition coefficient (Wildman–Crippen LogP) is 1.92. The summed E-state index contributed by atoms with van der Waals surface area (Å²) in [5.74, 6) is 1.62. The highest BCUT2D eigenvalue weighted by molar-refractivity contribution is 5.79. The van der Waals surface area contributed by atoms with E-state index in [2.05, 4.69) is 10.2 Å². The van der Waals surface area contributed by atoms with Gasteiger partial charge in [-0.3, -0.25) is 4.79 Å². The van der Waals surface area contributed by atoms with Gasteiger partial charge in [0.15, 0.2) is 0 Å². The summed E-state index contributed by atoms with van der Waals surface area (Å²) in [6.07, 6.45) is 1.14. The molecule has 1 aliphatic heterocycles. The molecule has 0 saturated carbocycles. The molecule has 134 valence electrons. The standard InChI is InChI=1S/C18H24N4O3/c1-3-16-19-20-18(25-16)22-11-9-21(10-12-22)17(23)13-14-5-7-15(8-6-14)24-4-2/h5-8H,3-4,9-13H2,1-2H3. The van der Waals surface area contributed by atoms with Gasteiger partial charge in [0, 0.05) is 32.6 Å². The summed E-state index contributed by atoms with van der Waals surface area (Å²) < 4.78 is 11.0. The van der Waals surface area contributed by atoms with Gasteiger partial charge in [0.1, 0.15) is 5.75 Å². The van der Waals surface area contributed by atoms with Gasteiger partial charge in [-0.15, -0.1) is 5.10 Å². The number of hydrogen-bond donors (Lipinski definition) is 0. The molecule has 7 heteroatoms. The van der Waals surface area contributed by atoms with Crippen LogP contribution >= 0.6 is 0 Å². The lowest BCUT2D eigenvalue weighted by molar-refractivity contribution is -0.130. The number of hydrogen-bond acceptors (Lipinski definition) is 6. The van der Waals surface area contributed by atoms with Crippen LogP contribution in [0.15, 0.2) is 28.7 Å². The summed E-state index contributed by atoms with van der Waals surface area (Å²) in [5.41, 5.74) is 1.00. The number of benzene rings is 1. The van der Waals surface area contributed by atoms with Crippen molar-refractivity contribution in [3.63, 3.8) is 0 Å². The second-order valence-corrected chi connectivity index (χ2v) is 5.95. The van der Waals surface area contributed by atoms with Crippen molar-refractivity contribution < 1.29 is 13.9 Å². The lowest BCUT2D eigenvalue weighted by atomic mass is 10.1. The molecule has 3 rings (SSSR count). The van der Waals surface area contributed by atoms with Crippen LogP contribution in [0.5, 0.6) is 5.75 Å². The van der Waals surface area contributed by atoms with E-state index >= 15 is 0 Å². The molecule has 0 unspecified atom stereocenters. The molecule has 0 atom stereocenters. The Labute approximate surface area is 147 Å². The van der Waals surface area contributed by atoms with E-state index in [1.165, 1.54) is 0 Å². The summed E-state index contributed by atoms with van der Waals surface area (Å²) in [7, 11) is 0. The Kier molecular flexibility index (Phi) is 5.53. The molecule has 7 nitrogen and oxygen atoms in total. The number of aryl methyl sites for hydroxylation is 1. The predicted molar refractivity (Wildman–Crippen MR) is 93.8 cm³/mol. The number of piperazine rings is 1. The zero-order chi connectivity index (χ0) is 17.6. The van der Waals surface area contributed by atoms with Crippen LogP contribution in [-0.2, 0) is 17.6 Å². The van der Waals surface area contributed by atoms with Crippen LogP contribution in [0.1, 0.15) is 25.3 Å². The van der Waals surface area contributed by atoms with E-state index in [-0.39, 0.29) is 5.91 Å². The molecule has 1 aromatic carbocycles. The third-order valence-electron chi connectivity index (χ3n) is 4.25. The molecule has 0 radical (unpaired) electrons. The quantitative estimate of drug-likeness (QED) is 0.797. The molecule has 1 aromatic heterocycles. The van der Waals surface area contributed by atoms with Crippen molar-refractivity contribution >= 4 is 11.9 Å². The number of carbonyl (C=O) groups is 1. The molecular formula is C18H24N4O3. The fourth-order valence-corrected chi connectivity index (χ4v) is 2.82. The molecular weight excluding hydrogens is 320 g/mol. The molecule has 2 aromatic rings. The molecule has 1 saturated heterocycles. The summed E-state index contributed by atoms with van der Waals surface area (Å²) in [6.45, 7) is 7.33. The lowest BCUT2D eigenvalue weighted by Gasteiger charge is -2.33. The fourth-order valence-electron chi connectivity index (χ4n) is 2.82. The highest BCUT2D eigenvalue weighted by Gasteiger charge is 2.24. The maximum absolute atomic E-state index is 12.5. The number of aromatic nitrogens is 2. The first-order chi connectivity index (χ1) is 12.2. The first kappa shape index (κ1) is 17.3. The van der Waals surface area contributed by atoms with Crippen LogP contribution in [0.4, 0.5) is 6.01 Å². The average molecular weight is 344 g/mol. The summed E-state index contributed by atoms with van der Waals surface area (Å²) in [6, 6.07) is 8.26.